The quantitative estimate of drug-likeness (QED) is 0.684. The van der Waals surface area contributed by atoms with E-state index < -0.39 is 0 Å². The molecule has 1 saturated carbocycles. The van der Waals surface area contributed by atoms with Crippen LogP contribution in [0.25, 0.3) is 0 Å². The van der Waals surface area contributed by atoms with Crippen LogP contribution in [-0.2, 0) is 0 Å². The Bertz CT molecular complexity index is 203. The Morgan fingerprint density at radius 2 is 1.71 bits per heavy atom. The summed E-state index contributed by atoms with van der Waals surface area (Å²) >= 11 is 0. The molecule has 2 heteroatoms. The van der Waals surface area contributed by atoms with Crippen molar-refractivity contribution in [2.24, 2.45) is 11.3 Å². The summed E-state index contributed by atoms with van der Waals surface area (Å²) < 4.78 is 0. The zero-order valence-corrected chi connectivity index (χ0v) is 12.7. The highest BCUT2D eigenvalue weighted by atomic mass is 15.1. The molecule has 17 heavy (non-hydrogen) atoms. The fraction of sp³-hybridized carbons (Fsp3) is 1.00. The van der Waals surface area contributed by atoms with Crippen molar-refractivity contribution in [1.29, 1.82) is 0 Å². The van der Waals surface area contributed by atoms with Gasteiger partial charge in [-0.2, -0.15) is 0 Å². The van der Waals surface area contributed by atoms with Crippen LogP contribution in [0.5, 0.6) is 0 Å². The molecular weight excluding hydrogens is 208 g/mol. The molecule has 0 atom stereocenters. The van der Waals surface area contributed by atoms with Crippen molar-refractivity contribution in [1.82, 2.24) is 0 Å². The number of hydrogen-bond donors (Lipinski definition) is 2. The standard InChI is InChI=1S/C15H32N2/c1-6-13-7-9-14(10-8-13)16-11-15(2,3)12-17(4)5/h13-14,16H,6-12H2,1-5H3/p+2. The van der Waals surface area contributed by atoms with Crippen LogP contribution in [0.3, 0.4) is 0 Å². The molecule has 0 bridgehead atoms. The average molecular weight is 242 g/mol. The van der Waals surface area contributed by atoms with Crippen LogP contribution >= 0.6 is 0 Å². The average Bonchev–Trinajstić information content (AvgIpc) is 2.25. The van der Waals surface area contributed by atoms with Gasteiger partial charge in [-0.3, -0.25) is 0 Å². The van der Waals surface area contributed by atoms with Gasteiger partial charge in [0, 0.05) is 0 Å². The second kappa shape index (κ2) is 6.75. The Balaban J connectivity index is 2.22. The SMILES string of the molecule is CCC1CCC([NH2+]CC(C)(C)C[NH+](C)C)CC1. The normalized spacial score (nSPS) is 26.5. The summed E-state index contributed by atoms with van der Waals surface area (Å²) in [6.07, 6.45) is 7.23. The molecule has 1 aliphatic carbocycles. The lowest BCUT2D eigenvalue weighted by molar-refractivity contribution is -0.869. The Morgan fingerprint density at radius 1 is 1.12 bits per heavy atom. The molecule has 0 aromatic rings. The zero-order valence-electron chi connectivity index (χ0n) is 12.7. The third-order valence-electron chi connectivity index (χ3n) is 4.30. The van der Waals surface area contributed by atoms with Crippen molar-refractivity contribution in [3.63, 3.8) is 0 Å². The van der Waals surface area contributed by atoms with Crippen LogP contribution < -0.4 is 10.2 Å². The van der Waals surface area contributed by atoms with E-state index in [0.717, 1.165) is 12.0 Å². The summed E-state index contributed by atoms with van der Waals surface area (Å²) in [6.45, 7) is 9.73. The molecule has 0 aromatic heterocycles. The predicted molar refractivity (Wildman–Crippen MR) is 74.3 cm³/mol. The maximum absolute atomic E-state index is 2.63. The van der Waals surface area contributed by atoms with E-state index in [-0.39, 0.29) is 0 Å². The van der Waals surface area contributed by atoms with Gasteiger partial charge in [-0.1, -0.05) is 13.3 Å². The van der Waals surface area contributed by atoms with Crippen molar-refractivity contribution in [3.8, 4) is 0 Å². The third-order valence-corrected chi connectivity index (χ3v) is 4.30. The topological polar surface area (TPSA) is 21.1 Å². The highest BCUT2D eigenvalue weighted by molar-refractivity contribution is 4.71. The first kappa shape index (κ1) is 15.0. The first-order valence-electron chi connectivity index (χ1n) is 7.55. The van der Waals surface area contributed by atoms with Gasteiger partial charge in [-0.15, -0.1) is 0 Å². The number of quaternary nitrogens is 2. The van der Waals surface area contributed by atoms with Crippen molar-refractivity contribution in [2.75, 3.05) is 27.2 Å². The molecule has 0 amide bonds. The fourth-order valence-electron chi connectivity index (χ4n) is 3.35. The van der Waals surface area contributed by atoms with Crippen LogP contribution in [0, 0.1) is 11.3 Å². The summed E-state index contributed by atoms with van der Waals surface area (Å²) in [4.78, 5) is 1.57. The molecule has 2 nitrogen and oxygen atoms in total. The van der Waals surface area contributed by atoms with E-state index in [4.69, 9.17) is 0 Å². The van der Waals surface area contributed by atoms with Gasteiger partial charge in [-0.05, 0) is 45.4 Å². The lowest BCUT2D eigenvalue weighted by Crippen LogP contribution is -3.08. The van der Waals surface area contributed by atoms with Gasteiger partial charge >= 0.3 is 0 Å². The molecule has 102 valence electrons. The van der Waals surface area contributed by atoms with E-state index in [1.165, 1.54) is 45.2 Å². The summed E-state index contributed by atoms with van der Waals surface area (Å²) in [5.41, 5.74) is 0.473. The molecule has 0 aromatic carbocycles. The zero-order chi connectivity index (χ0) is 12.9. The molecular formula is C15H34N2+2. The number of nitrogens with one attached hydrogen (secondary N) is 1. The Kier molecular flexibility index (Phi) is 5.94. The summed E-state index contributed by atoms with van der Waals surface area (Å²) in [6, 6.07) is 0.911. The fourth-order valence-corrected chi connectivity index (χ4v) is 3.35. The van der Waals surface area contributed by atoms with Crippen molar-refractivity contribution >= 4 is 0 Å². The molecule has 0 radical (unpaired) electrons. The molecule has 1 rings (SSSR count). The van der Waals surface area contributed by atoms with Gasteiger partial charge in [0.1, 0.15) is 0 Å². The Morgan fingerprint density at radius 3 is 2.18 bits per heavy atom. The highest BCUT2D eigenvalue weighted by Gasteiger charge is 2.28. The third kappa shape index (κ3) is 5.87. The number of nitrogens with two attached hydrogens (primary N) is 1. The maximum atomic E-state index is 2.63. The molecule has 0 spiro atoms. The molecule has 0 unspecified atom stereocenters. The lowest BCUT2D eigenvalue weighted by atomic mass is 9.84. The van der Waals surface area contributed by atoms with Gasteiger partial charge in [0.05, 0.1) is 38.6 Å². The van der Waals surface area contributed by atoms with Crippen LogP contribution in [0.2, 0.25) is 0 Å². The first-order valence-corrected chi connectivity index (χ1v) is 7.55. The monoisotopic (exact) mass is 242 g/mol. The van der Waals surface area contributed by atoms with Crippen LogP contribution in [0.1, 0.15) is 52.9 Å². The van der Waals surface area contributed by atoms with E-state index in [0.29, 0.717) is 5.41 Å². The van der Waals surface area contributed by atoms with Crippen LogP contribution in [0.4, 0.5) is 0 Å². The van der Waals surface area contributed by atoms with Crippen molar-refractivity contribution < 1.29 is 10.2 Å². The van der Waals surface area contributed by atoms with Crippen LogP contribution in [0.15, 0.2) is 0 Å². The van der Waals surface area contributed by atoms with E-state index in [2.05, 4.69) is 40.2 Å². The minimum absolute atomic E-state index is 0.473. The second-order valence-corrected chi connectivity index (χ2v) is 7.18. The highest BCUT2D eigenvalue weighted by Crippen LogP contribution is 2.25. The van der Waals surface area contributed by atoms with Crippen molar-refractivity contribution in [3.05, 3.63) is 0 Å². The summed E-state index contributed by atoms with van der Waals surface area (Å²) in [5, 5.41) is 2.63. The molecule has 0 saturated heterocycles. The molecule has 3 N–H and O–H groups in total. The van der Waals surface area contributed by atoms with Crippen molar-refractivity contribution in [2.45, 2.75) is 58.9 Å². The minimum atomic E-state index is 0.473. The van der Waals surface area contributed by atoms with E-state index >= 15 is 0 Å². The van der Waals surface area contributed by atoms with E-state index in [9.17, 15) is 0 Å². The lowest BCUT2D eigenvalue weighted by Gasteiger charge is -2.30. The molecule has 1 fully saturated rings. The van der Waals surface area contributed by atoms with E-state index in [1.54, 1.807) is 4.90 Å². The predicted octanol–water partition coefficient (Wildman–Crippen LogP) is 0.689. The number of rotatable bonds is 6. The summed E-state index contributed by atoms with van der Waals surface area (Å²) in [5.74, 6) is 1.03. The van der Waals surface area contributed by atoms with Gasteiger partial charge in [0.15, 0.2) is 0 Å². The van der Waals surface area contributed by atoms with Gasteiger partial charge in [0.25, 0.3) is 0 Å². The van der Waals surface area contributed by atoms with Gasteiger partial charge < -0.3 is 10.2 Å². The first-order chi connectivity index (χ1) is 7.93. The Labute approximate surface area is 108 Å². The Hall–Kier alpha value is -0.0800. The second-order valence-electron chi connectivity index (χ2n) is 7.18. The van der Waals surface area contributed by atoms with Gasteiger partial charge in [0.2, 0.25) is 0 Å². The minimum Gasteiger partial charge on any atom is -0.343 e. The largest absolute Gasteiger partial charge is 0.343 e. The smallest absolute Gasteiger partial charge is 0.0873 e. The summed E-state index contributed by atoms with van der Waals surface area (Å²) in [7, 11) is 4.52. The maximum Gasteiger partial charge on any atom is 0.0873 e. The van der Waals surface area contributed by atoms with Crippen LogP contribution in [-0.4, -0.2) is 33.2 Å². The van der Waals surface area contributed by atoms with E-state index in [1.807, 2.05) is 0 Å². The number of hydrogen-bond acceptors (Lipinski definition) is 0. The van der Waals surface area contributed by atoms with Gasteiger partial charge in [-0.25, -0.2) is 0 Å². The molecule has 0 aliphatic heterocycles. The molecule has 1 aliphatic rings. The molecule has 0 heterocycles.